The van der Waals surface area contributed by atoms with Gasteiger partial charge in [-0.3, -0.25) is 9.59 Å². The largest absolute Gasteiger partial charge is 0.496 e. The second-order valence-corrected chi connectivity index (χ2v) is 13.3. The molecule has 46 heavy (non-hydrogen) atoms. The fourth-order valence-corrected chi connectivity index (χ4v) is 9.55. The van der Waals surface area contributed by atoms with Gasteiger partial charge in [0.2, 0.25) is 0 Å². The molecule has 2 bridgehead atoms. The Morgan fingerprint density at radius 2 is 1.72 bits per heavy atom. The Labute approximate surface area is 269 Å². The molecule has 9 heteroatoms. The van der Waals surface area contributed by atoms with Gasteiger partial charge in [0.25, 0.3) is 5.91 Å². The van der Waals surface area contributed by atoms with Crippen LogP contribution in [0.5, 0.6) is 5.75 Å². The zero-order valence-electron chi connectivity index (χ0n) is 25.2. The summed E-state index contributed by atoms with van der Waals surface area (Å²) in [4.78, 5) is 31.6. The molecule has 2 heterocycles. The van der Waals surface area contributed by atoms with Crippen molar-refractivity contribution in [2.45, 2.75) is 37.0 Å². The third kappa shape index (κ3) is 4.50. The van der Waals surface area contributed by atoms with E-state index in [0.29, 0.717) is 29.7 Å². The van der Waals surface area contributed by atoms with Gasteiger partial charge in [0, 0.05) is 46.4 Å². The number of hydrogen-bond donors (Lipinski definition) is 0. The number of carbonyl (C=O) groups excluding carboxylic acids is 2. The number of carbonyl (C=O) groups is 2. The number of ether oxygens (including phenoxy) is 2. The number of para-hydroxylation sites is 1. The number of nitrogens with zero attached hydrogens (tertiary/aromatic N) is 1. The molecular formula is C37H32F3NO4S. The number of amides is 1. The van der Waals surface area contributed by atoms with Gasteiger partial charge < -0.3 is 14.4 Å². The molecule has 5 nitrogen and oxygen atoms in total. The van der Waals surface area contributed by atoms with Crippen molar-refractivity contribution >= 4 is 28.8 Å². The lowest BCUT2D eigenvalue weighted by Gasteiger charge is -2.58. The van der Waals surface area contributed by atoms with E-state index >= 15 is 0 Å². The first kappa shape index (κ1) is 30.3. The van der Waals surface area contributed by atoms with E-state index in [2.05, 4.69) is 6.58 Å². The minimum atomic E-state index is -4.48. The standard InChI is InChI=1S/C37H32F3NO4S/c1-23(27-10-6-7-11-30(27)44-2)33(42)41-20-31-35(25-12-14-26(15-13-25)37(38,39)40)18-16-29(28-17-19-46-32(28)35)36(31,22-41)34(43)45-21-24-8-4-3-5-9-24/h3-15,17,19,29,31H,1,16,18,20-22H2,2H3/t29-,31?,35+,36+/m1/s1. The summed E-state index contributed by atoms with van der Waals surface area (Å²) in [5, 5.41) is 2.00. The Bertz CT molecular complexity index is 1820. The minimum absolute atomic E-state index is 0.0759. The van der Waals surface area contributed by atoms with Crippen LogP contribution in [0, 0.1) is 11.3 Å². The van der Waals surface area contributed by atoms with Crippen molar-refractivity contribution in [3.63, 3.8) is 0 Å². The van der Waals surface area contributed by atoms with E-state index in [-0.39, 0.29) is 37.1 Å². The molecule has 236 valence electrons. The van der Waals surface area contributed by atoms with Crippen molar-refractivity contribution in [1.82, 2.24) is 4.90 Å². The first-order valence-corrected chi connectivity index (χ1v) is 16.1. The summed E-state index contributed by atoms with van der Waals surface area (Å²) < 4.78 is 52.5. The van der Waals surface area contributed by atoms with E-state index in [0.717, 1.165) is 28.1 Å². The fourth-order valence-electron chi connectivity index (χ4n) is 8.28. The summed E-state index contributed by atoms with van der Waals surface area (Å²) in [6.07, 6.45) is -3.20. The number of likely N-dealkylation sites (tertiary alicyclic amines) is 1. The zero-order valence-corrected chi connectivity index (χ0v) is 26.0. The number of esters is 1. The van der Waals surface area contributed by atoms with Crippen molar-refractivity contribution in [2.24, 2.45) is 11.3 Å². The Morgan fingerprint density at radius 3 is 2.43 bits per heavy atom. The van der Waals surface area contributed by atoms with Gasteiger partial charge in [0.15, 0.2) is 0 Å². The van der Waals surface area contributed by atoms with Gasteiger partial charge in [0.1, 0.15) is 12.4 Å². The average Bonchev–Trinajstić information content (AvgIpc) is 3.75. The summed E-state index contributed by atoms with van der Waals surface area (Å²) in [5.74, 6) is -0.843. The van der Waals surface area contributed by atoms with Crippen LogP contribution in [0.4, 0.5) is 13.2 Å². The predicted molar refractivity (Wildman–Crippen MR) is 169 cm³/mol. The van der Waals surface area contributed by atoms with Gasteiger partial charge in [-0.15, -0.1) is 11.3 Å². The minimum Gasteiger partial charge on any atom is -0.496 e. The molecule has 4 atom stereocenters. The molecule has 1 aliphatic heterocycles. The van der Waals surface area contributed by atoms with Crippen LogP contribution >= 0.6 is 11.3 Å². The van der Waals surface area contributed by atoms with E-state index < -0.39 is 34.5 Å². The van der Waals surface area contributed by atoms with Crippen LogP contribution in [-0.4, -0.2) is 37.0 Å². The maximum Gasteiger partial charge on any atom is 0.416 e. The molecule has 3 aliphatic carbocycles. The number of rotatable bonds is 7. The lowest BCUT2D eigenvalue weighted by Crippen LogP contribution is -2.60. The highest BCUT2D eigenvalue weighted by molar-refractivity contribution is 7.10. The molecule has 4 aromatic rings. The zero-order chi connectivity index (χ0) is 32.3. The van der Waals surface area contributed by atoms with Crippen LogP contribution in [0.1, 0.15) is 51.5 Å². The number of methoxy groups -OCH3 is 1. The molecule has 1 saturated carbocycles. The predicted octanol–water partition coefficient (Wildman–Crippen LogP) is 7.85. The molecule has 2 fully saturated rings. The van der Waals surface area contributed by atoms with Gasteiger partial charge in [-0.05, 0) is 59.2 Å². The third-order valence-corrected chi connectivity index (χ3v) is 11.4. The topological polar surface area (TPSA) is 55.8 Å². The van der Waals surface area contributed by atoms with E-state index in [1.54, 1.807) is 46.6 Å². The molecule has 1 unspecified atom stereocenters. The molecule has 0 spiro atoms. The van der Waals surface area contributed by atoms with Crippen molar-refractivity contribution in [3.8, 4) is 5.75 Å². The fraction of sp³-hybridized carbons (Fsp3) is 0.297. The Morgan fingerprint density at radius 1 is 1.00 bits per heavy atom. The number of hydrogen-bond acceptors (Lipinski definition) is 5. The smallest absolute Gasteiger partial charge is 0.416 e. The van der Waals surface area contributed by atoms with Gasteiger partial charge >= 0.3 is 12.1 Å². The highest BCUT2D eigenvalue weighted by atomic mass is 32.1. The molecule has 1 amide bonds. The molecule has 4 aliphatic rings. The molecule has 3 aromatic carbocycles. The van der Waals surface area contributed by atoms with Gasteiger partial charge in [-0.1, -0.05) is 67.2 Å². The number of benzene rings is 3. The molecular weight excluding hydrogens is 611 g/mol. The van der Waals surface area contributed by atoms with Gasteiger partial charge in [-0.25, -0.2) is 0 Å². The summed E-state index contributed by atoms with van der Waals surface area (Å²) in [7, 11) is 1.53. The monoisotopic (exact) mass is 643 g/mol. The molecule has 0 N–H and O–H groups in total. The number of halogens is 3. The van der Waals surface area contributed by atoms with E-state index in [9.17, 15) is 22.8 Å². The quantitative estimate of drug-likeness (QED) is 0.152. The van der Waals surface area contributed by atoms with Crippen LogP contribution in [-0.2, 0) is 32.5 Å². The highest BCUT2D eigenvalue weighted by Gasteiger charge is 2.71. The molecule has 1 saturated heterocycles. The van der Waals surface area contributed by atoms with Crippen LogP contribution in [0.25, 0.3) is 5.57 Å². The van der Waals surface area contributed by atoms with Crippen molar-refractivity contribution in [1.29, 1.82) is 0 Å². The molecule has 1 aromatic heterocycles. The van der Waals surface area contributed by atoms with Crippen molar-refractivity contribution in [2.75, 3.05) is 20.2 Å². The first-order valence-electron chi connectivity index (χ1n) is 15.2. The van der Waals surface area contributed by atoms with E-state index in [1.807, 2.05) is 47.8 Å². The number of fused-ring (bicyclic) bond motifs is 1. The summed E-state index contributed by atoms with van der Waals surface area (Å²) in [6, 6.07) is 23.9. The molecule has 0 radical (unpaired) electrons. The molecule has 8 rings (SSSR count). The number of thiophene rings is 1. The van der Waals surface area contributed by atoms with Crippen LogP contribution in [0.15, 0.2) is 96.9 Å². The van der Waals surface area contributed by atoms with Crippen LogP contribution < -0.4 is 4.74 Å². The Hall–Kier alpha value is -4.37. The Kier molecular flexibility index (Phi) is 7.35. The summed E-state index contributed by atoms with van der Waals surface area (Å²) in [5.41, 5.74) is 0.754. The number of alkyl halides is 3. The average molecular weight is 644 g/mol. The lowest BCUT2D eigenvalue weighted by atomic mass is 9.44. The summed E-state index contributed by atoms with van der Waals surface area (Å²) in [6.45, 7) is 4.55. The van der Waals surface area contributed by atoms with Crippen LogP contribution in [0.3, 0.4) is 0 Å². The maximum atomic E-state index is 14.6. The third-order valence-electron chi connectivity index (χ3n) is 10.3. The Balaban J connectivity index is 1.34. The highest BCUT2D eigenvalue weighted by Crippen LogP contribution is 2.70. The van der Waals surface area contributed by atoms with Crippen molar-refractivity contribution < 1.29 is 32.2 Å². The van der Waals surface area contributed by atoms with Crippen molar-refractivity contribution in [3.05, 3.63) is 130 Å². The van der Waals surface area contributed by atoms with E-state index in [4.69, 9.17) is 9.47 Å². The normalized spacial score (nSPS) is 24.7. The van der Waals surface area contributed by atoms with Gasteiger partial charge in [-0.2, -0.15) is 13.2 Å². The second-order valence-electron chi connectivity index (χ2n) is 12.4. The SMILES string of the molecule is C=C(C(=O)N1CC2[C@@]3(c4ccc(C(F)(F)F)cc4)CC[C@H](c4ccsc43)[C@@]2(C(=O)OCc2ccccc2)C1)c1ccccc1OC. The van der Waals surface area contributed by atoms with Crippen LogP contribution in [0.2, 0.25) is 0 Å². The van der Waals surface area contributed by atoms with E-state index in [1.165, 1.54) is 7.11 Å². The first-order chi connectivity index (χ1) is 22.1. The second kappa shape index (κ2) is 11.2. The summed E-state index contributed by atoms with van der Waals surface area (Å²) >= 11 is 1.57. The lowest BCUT2D eigenvalue weighted by molar-refractivity contribution is -0.166. The van der Waals surface area contributed by atoms with Gasteiger partial charge in [0.05, 0.1) is 18.1 Å². The maximum absolute atomic E-state index is 14.6.